The van der Waals surface area contributed by atoms with Crippen molar-refractivity contribution in [3.8, 4) is 0 Å². The molecular weight excluding hydrogens is 124 g/mol. The SMILES string of the molecule is CC1(C(=O)O)OCCO1. The topological polar surface area (TPSA) is 55.8 Å². The van der Waals surface area contributed by atoms with E-state index in [0.29, 0.717) is 13.2 Å². The van der Waals surface area contributed by atoms with Gasteiger partial charge in [0.2, 0.25) is 0 Å². The average Bonchev–Trinajstić information content (AvgIpc) is 2.16. The number of carbonyl (C=O) groups is 1. The summed E-state index contributed by atoms with van der Waals surface area (Å²) in [4.78, 5) is 10.3. The van der Waals surface area contributed by atoms with E-state index < -0.39 is 11.8 Å². The minimum absolute atomic E-state index is 0.364. The summed E-state index contributed by atoms with van der Waals surface area (Å²) in [6.07, 6.45) is 0. The van der Waals surface area contributed by atoms with E-state index in [1.165, 1.54) is 6.92 Å². The largest absolute Gasteiger partial charge is 0.477 e. The van der Waals surface area contributed by atoms with Gasteiger partial charge in [-0.2, -0.15) is 0 Å². The second-order valence-electron chi connectivity index (χ2n) is 1.95. The minimum atomic E-state index is -1.39. The molecule has 0 aromatic carbocycles. The van der Waals surface area contributed by atoms with E-state index in [1.54, 1.807) is 0 Å². The fourth-order valence-electron chi connectivity index (χ4n) is 0.638. The molecular formula is C5H8O4. The first-order valence-electron chi connectivity index (χ1n) is 2.66. The molecule has 1 saturated heterocycles. The number of ether oxygens (including phenoxy) is 2. The van der Waals surface area contributed by atoms with Crippen molar-refractivity contribution in [2.75, 3.05) is 13.2 Å². The van der Waals surface area contributed by atoms with Crippen molar-refractivity contribution in [3.63, 3.8) is 0 Å². The summed E-state index contributed by atoms with van der Waals surface area (Å²) >= 11 is 0. The maximum Gasteiger partial charge on any atom is 0.364 e. The van der Waals surface area contributed by atoms with Gasteiger partial charge in [0.05, 0.1) is 13.2 Å². The van der Waals surface area contributed by atoms with Gasteiger partial charge in [-0.1, -0.05) is 0 Å². The Morgan fingerprint density at radius 2 is 2.00 bits per heavy atom. The number of carboxylic acids is 1. The van der Waals surface area contributed by atoms with Crippen LogP contribution in [0.3, 0.4) is 0 Å². The van der Waals surface area contributed by atoms with Crippen LogP contribution >= 0.6 is 0 Å². The molecule has 4 heteroatoms. The Kier molecular flexibility index (Phi) is 1.42. The highest BCUT2D eigenvalue weighted by Gasteiger charge is 2.39. The summed E-state index contributed by atoms with van der Waals surface area (Å²) in [6.45, 7) is 2.12. The molecule has 4 nitrogen and oxygen atoms in total. The smallest absolute Gasteiger partial charge is 0.364 e. The second kappa shape index (κ2) is 1.97. The Morgan fingerprint density at radius 3 is 2.22 bits per heavy atom. The summed E-state index contributed by atoms with van der Waals surface area (Å²) in [7, 11) is 0. The van der Waals surface area contributed by atoms with Gasteiger partial charge in [0.15, 0.2) is 0 Å². The van der Waals surface area contributed by atoms with Gasteiger partial charge in [-0.25, -0.2) is 4.79 Å². The van der Waals surface area contributed by atoms with Gasteiger partial charge >= 0.3 is 5.97 Å². The van der Waals surface area contributed by atoms with Crippen LogP contribution in [0.25, 0.3) is 0 Å². The lowest BCUT2D eigenvalue weighted by Crippen LogP contribution is -2.35. The van der Waals surface area contributed by atoms with Crippen LogP contribution in [0.2, 0.25) is 0 Å². The third-order valence-corrected chi connectivity index (χ3v) is 1.23. The van der Waals surface area contributed by atoms with Crippen LogP contribution in [-0.4, -0.2) is 30.1 Å². The Hall–Kier alpha value is -0.610. The molecule has 0 radical (unpaired) electrons. The van der Waals surface area contributed by atoms with E-state index in [0.717, 1.165) is 0 Å². The summed E-state index contributed by atoms with van der Waals surface area (Å²) in [6, 6.07) is 0. The summed E-state index contributed by atoms with van der Waals surface area (Å²) in [5.41, 5.74) is 0. The molecule has 1 aliphatic heterocycles. The molecule has 0 aromatic rings. The van der Waals surface area contributed by atoms with Crippen molar-refractivity contribution in [3.05, 3.63) is 0 Å². The van der Waals surface area contributed by atoms with Gasteiger partial charge in [-0.15, -0.1) is 0 Å². The molecule has 1 N–H and O–H groups in total. The first-order valence-corrected chi connectivity index (χ1v) is 2.66. The van der Waals surface area contributed by atoms with Gasteiger partial charge < -0.3 is 14.6 Å². The first-order chi connectivity index (χ1) is 4.15. The van der Waals surface area contributed by atoms with Gasteiger partial charge in [0.1, 0.15) is 0 Å². The summed E-state index contributed by atoms with van der Waals surface area (Å²) in [5, 5.41) is 8.42. The lowest BCUT2D eigenvalue weighted by molar-refractivity contribution is -0.194. The Bertz CT molecular complexity index is 125. The molecule has 1 aliphatic rings. The fourth-order valence-corrected chi connectivity index (χ4v) is 0.638. The molecule has 0 bridgehead atoms. The third kappa shape index (κ3) is 1.04. The van der Waals surface area contributed by atoms with Crippen molar-refractivity contribution in [1.82, 2.24) is 0 Å². The maximum atomic E-state index is 10.3. The van der Waals surface area contributed by atoms with Crippen LogP contribution < -0.4 is 0 Å². The number of rotatable bonds is 1. The number of hydrogen-bond donors (Lipinski definition) is 1. The first kappa shape index (κ1) is 6.51. The van der Waals surface area contributed by atoms with E-state index in [2.05, 4.69) is 0 Å². The molecule has 0 atom stereocenters. The lowest BCUT2D eigenvalue weighted by atomic mass is 10.3. The second-order valence-corrected chi connectivity index (χ2v) is 1.95. The van der Waals surface area contributed by atoms with E-state index in [1.807, 2.05) is 0 Å². The van der Waals surface area contributed by atoms with Crippen LogP contribution in [-0.2, 0) is 14.3 Å². The minimum Gasteiger partial charge on any atom is -0.477 e. The molecule has 0 amide bonds. The van der Waals surface area contributed by atoms with Crippen molar-refractivity contribution >= 4 is 5.97 Å². The summed E-state index contributed by atoms with van der Waals surface area (Å²) < 4.78 is 9.56. The Morgan fingerprint density at radius 1 is 1.56 bits per heavy atom. The molecule has 0 spiro atoms. The predicted octanol–water partition coefficient (Wildman–Crippen LogP) is -0.166. The molecule has 1 heterocycles. The molecule has 52 valence electrons. The van der Waals surface area contributed by atoms with E-state index in [9.17, 15) is 4.79 Å². The maximum absolute atomic E-state index is 10.3. The van der Waals surface area contributed by atoms with E-state index in [4.69, 9.17) is 14.6 Å². The molecule has 0 unspecified atom stereocenters. The fraction of sp³-hybridized carbons (Fsp3) is 0.800. The average molecular weight is 132 g/mol. The van der Waals surface area contributed by atoms with Gasteiger partial charge in [-0.3, -0.25) is 0 Å². The van der Waals surface area contributed by atoms with Crippen LogP contribution in [0.15, 0.2) is 0 Å². The normalized spacial score (nSPS) is 24.1. The zero-order valence-corrected chi connectivity index (χ0v) is 5.09. The van der Waals surface area contributed by atoms with Crippen molar-refractivity contribution < 1.29 is 19.4 Å². The molecule has 1 fully saturated rings. The Labute approximate surface area is 52.4 Å². The van der Waals surface area contributed by atoms with Gasteiger partial charge in [0, 0.05) is 6.92 Å². The zero-order valence-electron chi connectivity index (χ0n) is 5.09. The number of carboxylic acid groups (broad SMARTS) is 1. The molecule has 9 heavy (non-hydrogen) atoms. The molecule has 0 aromatic heterocycles. The molecule has 0 saturated carbocycles. The number of aliphatic carboxylic acids is 1. The molecule has 1 rings (SSSR count). The van der Waals surface area contributed by atoms with Gasteiger partial charge in [-0.05, 0) is 0 Å². The lowest BCUT2D eigenvalue weighted by Gasteiger charge is -2.14. The standard InChI is InChI=1S/C5H8O4/c1-5(4(6)7)8-2-3-9-5/h2-3H2,1H3,(H,6,7). The van der Waals surface area contributed by atoms with Crippen molar-refractivity contribution in [1.29, 1.82) is 0 Å². The highest BCUT2D eigenvalue weighted by Crippen LogP contribution is 2.17. The van der Waals surface area contributed by atoms with E-state index in [-0.39, 0.29) is 0 Å². The van der Waals surface area contributed by atoms with Crippen LogP contribution in [0.1, 0.15) is 6.92 Å². The van der Waals surface area contributed by atoms with Crippen LogP contribution in [0, 0.1) is 0 Å². The predicted molar refractivity (Wildman–Crippen MR) is 27.9 cm³/mol. The monoisotopic (exact) mass is 132 g/mol. The van der Waals surface area contributed by atoms with E-state index >= 15 is 0 Å². The van der Waals surface area contributed by atoms with Crippen molar-refractivity contribution in [2.24, 2.45) is 0 Å². The highest BCUT2D eigenvalue weighted by atomic mass is 16.8. The van der Waals surface area contributed by atoms with Crippen molar-refractivity contribution in [2.45, 2.75) is 12.7 Å². The van der Waals surface area contributed by atoms with Crippen LogP contribution in [0.5, 0.6) is 0 Å². The third-order valence-electron chi connectivity index (χ3n) is 1.23. The zero-order chi connectivity index (χ0) is 6.91. The summed E-state index contributed by atoms with van der Waals surface area (Å²) in [5.74, 6) is -2.46. The Balaban J connectivity index is 2.61. The van der Waals surface area contributed by atoms with Crippen LogP contribution in [0.4, 0.5) is 0 Å². The number of hydrogen-bond acceptors (Lipinski definition) is 3. The quantitative estimate of drug-likeness (QED) is 0.538. The van der Waals surface area contributed by atoms with Gasteiger partial charge in [0.25, 0.3) is 5.79 Å². The molecule has 0 aliphatic carbocycles. The highest BCUT2D eigenvalue weighted by molar-refractivity contribution is 5.75.